The number of hydrogen-bond acceptors (Lipinski definition) is 7. The summed E-state index contributed by atoms with van der Waals surface area (Å²) >= 11 is 1.53. The van der Waals surface area contributed by atoms with Gasteiger partial charge in [0.25, 0.3) is 0 Å². The van der Waals surface area contributed by atoms with Crippen LogP contribution in [0.5, 0.6) is 5.75 Å². The Bertz CT molecular complexity index is 990. The van der Waals surface area contributed by atoms with Crippen LogP contribution < -0.4 is 4.74 Å². The lowest BCUT2D eigenvalue weighted by Crippen LogP contribution is -1.94. The molecule has 0 saturated heterocycles. The highest BCUT2D eigenvalue weighted by Gasteiger charge is 2.14. The standard InChI is InChI=1S/C18H16N4O3S/c1-22-17(16-4-3-9-24-16)19-20-18(22)26-11-14-10-15(21-25-14)12-5-7-13(23-2)8-6-12/h3-10H,11H2,1-2H3. The van der Waals surface area contributed by atoms with Crippen molar-refractivity contribution in [1.82, 2.24) is 19.9 Å². The number of rotatable bonds is 6. The molecule has 0 saturated carbocycles. The molecule has 132 valence electrons. The topological polar surface area (TPSA) is 79.1 Å². The maximum absolute atomic E-state index is 5.44. The van der Waals surface area contributed by atoms with Gasteiger partial charge in [0.1, 0.15) is 17.2 Å². The predicted octanol–water partition coefficient (Wildman–Crippen LogP) is 4.03. The normalized spacial score (nSPS) is 11.0. The van der Waals surface area contributed by atoms with E-state index in [9.17, 15) is 0 Å². The molecule has 4 rings (SSSR count). The number of ether oxygens (including phenoxy) is 1. The summed E-state index contributed by atoms with van der Waals surface area (Å²) in [5, 5.41) is 13.3. The van der Waals surface area contributed by atoms with Crippen LogP contribution in [0.15, 0.2) is 62.8 Å². The van der Waals surface area contributed by atoms with Gasteiger partial charge < -0.3 is 18.2 Å². The van der Waals surface area contributed by atoms with Crippen molar-refractivity contribution in [2.45, 2.75) is 10.9 Å². The summed E-state index contributed by atoms with van der Waals surface area (Å²) in [6.45, 7) is 0. The minimum Gasteiger partial charge on any atom is -0.497 e. The molecule has 0 radical (unpaired) electrons. The van der Waals surface area contributed by atoms with Crippen molar-refractivity contribution in [2.24, 2.45) is 7.05 Å². The second kappa shape index (κ2) is 7.09. The molecular formula is C18H16N4O3S. The summed E-state index contributed by atoms with van der Waals surface area (Å²) in [4.78, 5) is 0. The number of hydrogen-bond donors (Lipinski definition) is 0. The smallest absolute Gasteiger partial charge is 0.200 e. The highest BCUT2D eigenvalue weighted by Crippen LogP contribution is 2.27. The molecule has 3 heterocycles. The first kappa shape index (κ1) is 16.5. The molecule has 26 heavy (non-hydrogen) atoms. The number of thioether (sulfide) groups is 1. The van der Waals surface area contributed by atoms with Gasteiger partial charge >= 0.3 is 0 Å². The van der Waals surface area contributed by atoms with E-state index in [-0.39, 0.29) is 0 Å². The third-order valence-electron chi connectivity index (χ3n) is 3.86. The molecule has 8 heteroatoms. The Kier molecular flexibility index (Phi) is 4.49. The van der Waals surface area contributed by atoms with Crippen molar-refractivity contribution in [1.29, 1.82) is 0 Å². The monoisotopic (exact) mass is 368 g/mol. The Hall–Kier alpha value is -3.00. The van der Waals surface area contributed by atoms with E-state index in [1.165, 1.54) is 11.8 Å². The summed E-state index contributed by atoms with van der Waals surface area (Å²) in [6.07, 6.45) is 1.62. The highest BCUT2D eigenvalue weighted by molar-refractivity contribution is 7.98. The average molecular weight is 368 g/mol. The van der Waals surface area contributed by atoms with Crippen LogP contribution in [0.25, 0.3) is 22.8 Å². The molecule has 0 aliphatic carbocycles. The Balaban J connectivity index is 1.45. The van der Waals surface area contributed by atoms with Crippen LogP contribution in [-0.2, 0) is 12.8 Å². The van der Waals surface area contributed by atoms with Crippen LogP contribution in [0.3, 0.4) is 0 Å². The van der Waals surface area contributed by atoms with Crippen molar-refractivity contribution in [3.63, 3.8) is 0 Å². The SMILES string of the molecule is COc1ccc(-c2cc(CSc3nnc(-c4ccco4)n3C)on2)cc1. The summed E-state index contributed by atoms with van der Waals surface area (Å²) in [5.74, 6) is 3.56. The molecule has 0 N–H and O–H groups in total. The van der Waals surface area contributed by atoms with Crippen molar-refractivity contribution in [3.05, 3.63) is 54.5 Å². The molecular weight excluding hydrogens is 352 g/mol. The van der Waals surface area contributed by atoms with Crippen LogP contribution in [0.1, 0.15) is 5.76 Å². The summed E-state index contributed by atoms with van der Waals surface area (Å²) in [5.41, 5.74) is 1.77. The molecule has 4 aromatic rings. The van der Waals surface area contributed by atoms with Crippen molar-refractivity contribution >= 4 is 11.8 Å². The average Bonchev–Trinajstić information content (AvgIpc) is 3.41. The van der Waals surface area contributed by atoms with Gasteiger partial charge in [-0.25, -0.2) is 0 Å². The molecule has 0 bridgehead atoms. The lowest BCUT2D eigenvalue weighted by atomic mass is 10.1. The lowest BCUT2D eigenvalue weighted by Gasteiger charge is -2.00. The van der Waals surface area contributed by atoms with Gasteiger partial charge in [-0.15, -0.1) is 10.2 Å². The van der Waals surface area contributed by atoms with E-state index in [0.29, 0.717) is 17.3 Å². The van der Waals surface area contributed by atoms with Gasteiger partial charge in [-0.05, 0) is 36.4 Å². The van der Waals surface area contributed by atoms with Crippen LogP contribution in [0.2, 0.25) is 0 Å². The molecule has 0 amide bonds. The van der Waals surface area contributed by atoms with E-state index in [0.717, 1.165) is 27.9 Å². The zero-order chi connectivity index (χ0) is 17.9. The largest absolute Gasteiger partial charge is 0.497 e. The minimum atomic E-state index is 0.604. The van der Waals surface area contributed by atoms with E-state index < -0.39 is 0 Å². The zero-order valence-electron chi connectivity index (χ0n) is 14.2. The molecule has 1 aromatic carbocycles. The third-order valence-corrected chi connectivity index (χ3v) is 4.91. The predicted molar refractivity (Wildman–Crippen MR) is 96.8 cm³/mol. The molecule has 0 unspecified atom stereocenters. The number of nitrogens with zero attached hydrogens (tertiary/aromatic N) is 4. The Labute approximate surface area is 154 Å². The second-order valence-electron chi connectivity index (χ2n) is 5.54. The second-order valence-corrected chi connectivity index (χ2v) is 6.48. The number of methoxy groups -OCH3 is 1. The molecule has 0 spiro atoms. The number of furan rings is 1. The maximum Gasteiger partial charge on any atom is 0.200 e. The molecule has 0 fully saturated rings. The quantitative estimate of drug-likeness (QED) is 0.475. The fourth-order valence-corrected chi connectivity index (χ4v) is 3.26. The minimum absolute atomic E-state index is 0.604. The maximum atomic E-state index is 5.44. The summed E-state index contributed by atoms with van der Waals surface area (Å²) in [7, 11) is 3.55. The first-order valence-electron chi connectivity index (χ1n) is 7.90. The first-order valence-corrected chi connectivity index (χ1v) is 8.89. The third kappa shape index (κ3) is 3.23. The van der Waals surface area contributed by atoms with E-state index in [1.54, 1.807) is 13.4 Å². The van der Waals surface area contributed by atoms with Gasteiger partial charge in [-0.2, -0.15) is 0 Å². The van der Waals surface area contributed by atoms with Gasteiger partial charge in [-0.3, -0.25) is 0 Å². The van der Waals surface area contributed by atoms with Crippen LogP contribution in [0.4, 0.5) is 0 Å². The number of aromatic nitrogens is 4. The van der Waals surface area contributed by atoms with E-state index in [4.69, 9.17) is 13.7 Å². The number of benzene rings is 1. The van der Waals surface area contributed by atoms with Crippen LogP contribution >= 0.6 is 11.8 Å². The first-order chi connectivity index (χ1) is 12.7. The van der Waals surface area contributed by atoms with Crippen molar-refractivity contribution in [3.8, 4) is 28.6 Å². The van der Waals surface area contributed by atoms with Crippen molar-refractivity contribution in [2.75, 3.05) is 7.11 Å². The van der Waals surface area contributed by atoms with Gasteiger partial charge in [-0.1, -0.05) is 16.9 Å². The Morgan fingerprint density at radius 2 is 2.00 bits per heavy atom. The van der Waals surface area contributed by atoms with E-state index in [1.807, 2.05) is 54.1 Å². The van der Waals surface area contributed by atoms with Gasteiger partial charge in [0.15, 0.2) is 16.7 Å². The van der Waals surface area contributed by atoms with Gasteiger partial charge in [0.2, 0.25) is 0 Å². The molecule has 7 nitrogen and oxygen atoms in total. The highest BCUT2D eigenvalue weighted by atomic mass is 32.2. The zero-order valence-corrected chi connectivity index (χ0v) is 15.1. The summed E-state index contributed by atoms with van der Waals surface area (Å²) in [6, 6.07) is 13.3. The van der Waals surface area contributed by atoms with Gasteiger partial charge in [0.05, 0.1) is 19.1 Å². The molecule has 0 aliphatic rings. The van der Waals surface area contributed by atoms with E-state index in [2.05, 4.69) is 15.4 Å². The summed E-state index contributed by atoms with van der Waals surface area (Å²) < 4.78 is 17.9. The molecule has 0 aliphatic heterocycles. The lowest BCUT2D eigenvalue weighted by molar-refractivity contribution is 0.397. The van der Waals surface area contributed by atoms with Crippen LogP contribution in [-0.4, -0.2) is 27.0 Å². The van der Waals surface area contributed by atoms with Crippen LogP contribution in [0, 0.1) is 0 Å². The van der Waals surface area contributed by atoms with Crippen molar-refractivity contribution < 1.29 is 13.7 Å². The Morgan fingerprint density at radius 3 is 2.73 bits per heavy atom. The van der Waals surface area contributed by atoms with E-state index >= 15 is 0 Å². The molecule has 0 atom stereocenters. The fourth-order valence-electron chi connectivity index (χ4n) is 2.48. The fraction of sp³-hybridized carbons (Fsp3) is 0.167. The Morgan fingerprint density at radius 1 is 1.15 bits per heavy atom. The van der Waals surface area contributed by atoms with Gasteiger partial charge in [0, 0.05) is 18.7 Å². The molecule has 3 aromatic heterocycles.